The fourth-order valence-corrected chi connectivity index (χ4v) is 5.87. The molecule has 3 N–H and O–H groups in total. The summed E-state index contributed by atoms with van der Waals surface area (Å²) in [4.78, 5) is 3.39. The number of phenolic OH excluding ortho intramolecular Hbond substituents is 2. The highest BCUT2D eigenvalue weighted by Gasteiger charge is 2.51. The summed E-state index contributed by atoms with van der Waals surface area (Å²) in [6.45, 7) is 2.14. The minimum atomic E-state index is -0.635. The van der Waals surface area contributed by atoms with Crippen LogP contribution in [-0.4, -0.2) is 44.3 Å². The van der Waals surface area contributed by atoms with Gasteiger partial charge in [-0.25, -0.2) is 0 Å². The second kappa shape index (κ2) is 6.43. The molecule has 132 valence electrons. The van der Waals surface area contributed by atoms with E-state index in [0.29, 0.717) is 5.92 Å². The molecular formula is C19H27NO3S. The van der Waals surface area contributed by atoms with Crippen molar-refractivity contribution in [1.29, 1.82) is 0 Å². The zero-order chi connectivity index (χ0) is 16.7. The first kappa shape index (κ1) is 16.6. The highest BCUT2D eigenvalue weighted by atomic mass is 32.2. The zero-order valence-corrected chi connectivity index (χ0v) is 14.8. The molecule has 2 unspecified atom stereocenters. The van der Waals surface area contributed by atoms with Gasteiger partial charge in [0.1, 0.15) is 0 Å². The van der Waals surface area contributed by atoms with Crippen molar-refractivity contribution in [2.75, 3.05) is 13.1 Å². The minimum absolute atomic E-state index is 0.0427. The van der Waals surface area contributed by atoms with Crippen molar-refractivity contribution in [1.82, 2.24) is 4.90 Å². The summed E-state index contributed by atoms with van der Waals surface area (Å²) >= 11 is 1.65. The maximum absolute atomic E-state index is 11.6. The van der Waals surface area contributed by atoms with E-state index in [4.69, 9.17) is 0 Å². The monoisotopic (exact) mass is 349 g/mol. The number of piperidine rings is 1. The second-order valence-electron chi connectivity index (χ2n) is 7.78. The number of fused-ring (bicyclic) bond motifs is 1. The normalized spacial score (nSPS) is 34.0. The van der Waals surface area contributed by atoms with Crippen LogP contribution in [0.4, 0.5) is 0 Å². The average Bonchev–Trinajstić information content (AvgIpc) is 3.37. The van der Waals surface area contributed by atoms with Crippen molar-refractivity contribution in [3.63, 3.8) is 0 Å². The molecule has 2 saturated carbocycles. The smallest absolute Gasteiger partial charge is 0.158 e. The van der Waals surface area contributed by atoms with Gasteiger partial charge in [0.05, 0.1) is 11.0 Å². The molecule has 1 aromatic rings. The number of nitrogens with zero attached hydrogens (tertiary/aromatic N) is 1. The lowest BCUT2D eigenvalue weighted by molar-refractivity contribution is -0.113. The molecular weight excluding hydrogens is 322 g/mol. The largest absolute Gasteiger partial charge is 0.504 e. The maximum Gasteiger partial charge on any atom is 0.158 e. The van der Waals surface area contributed by atoms with Crippen LogP contribution in [-0.2, 0) is 0 Å². The van der Waals surface area contributed by atoms with Crippen molar-refractivity contribution in [3.8, 4) is 11.5 Å². The van der Waals surface area contributed by atoms with Gasteiger partial charge in [-0.2, -0.15) is 0 Å². The molecule has 3 aliphatic rings. The molecule has 0 amide bonds. The van der Waals surface area contributed by atoms with Crippen LogP contribution in [0.1, 0.15) is 44.9 Å². The highest BCUT2D eigenvalue weighted by molar-refractivity contribution is 8.00. The molecule has 4 nitrogen and oxygen atoms in total. The van der Waals surface area contributed by atoms with E-state index in [-0.39, 0.29) is 16.9 Å². The molecule has 2 aliphatic carbocycles. The van der Waals surface area contributed by atoms with E-state index in [9.17, 15) is 15.3 Å². The molecule has 3 atom stereocenters. The third kappa shape index (κ3) is 3.14. The lowest BCUT2D eigenvalue weighted by Gasteiger charge is -2.53. The van der Waals surface area contributed by atoms with Gasteiger partial charge in [-0.05, 0) is 68.7 Å². The first-order valence-corrected chi connectivity index (χ1v) is 10.1. The molecule has 1 aliphatic heterocycles. The highest BCUT2D eigenvalue weighted by Crippen LogP contribution is 2.50. The molecule has 0 bridgehead atoms. The summed E-state index contributed by atoms with van der Waals surface area (Å²) in [5, 5.41) is 31.0. The van der Waals surface area contributed by atoms with E-state index < -0.39 is 5.60 Å². The van der Waals surface area contributed by atoms with Gasteiger partial charge < -0.3 is 15.3 Å². The maximum atomic E-state index is 11.6. The number of thioether (sulfide) groups is 1. The number of aliphatic hydroxyl groups is 1. The fraction of sp³-hybridized carbons (Fsp3) is 0.684. The lowest BCUT2D eigenvalue weighted by Crippen LogP contribution is -2.61. The number of likely N-dealkylation sites (tertiary alicyclic amines) is 1. The van der Waals surface area contributed by atoms with Crippen molar-refractivity contribution in [2.45, 2.75) is 60.8 Å². The SMILES string of the molecule is Oc1ccc(S[C@H]2N(CC3CC3)CCC3CCCCC32O)cc1O. The quantitative estimate of drug-likeness (QED) is 0.726. The Morgan fingerprint density at radius 2 is 1.92 bits per heavy atom. The standard InChI is InChI=1S/C19H27NO3S/c21-16-7-6-15(11-17(16)22)24-18-19(23)9-2-1-3-14(19)8-10-20(18)12-13-4-5-13/h6-7,11,13-14,18,21-23H,1-5,8-10,12H2/t14?,18-,19?/m1/s1. The number of phenols is 2. The van der Waals surface area contributed by atoms with Crippen LogP contribution >= 0.6 is 11.8 Å². The van der Waals surface area contributed by atoms with Crippen LogP contribution in [0.25, 0.3) is 0 Å². The van der Waals surface area contributed by atoms with Crippen LogP contribution in [0.5, 0.6) is 11.5 Å². The van der Waals surface area contributed by atoms with Gasteiger partial charge in [0, 0.05) is 11.4 Å². The van der Waals surface area contributed by atoms with E-state index in [1.807, 2.05) is 6.07 Å². The summed E-state index contributed by atoms with van der Waals surface area (Å²) in [6.07, 6.45) is 8.06. The van der Waals surface area contributed by atoms with Crippen LogP contribution in [0, 0.1) is 11.8 Å². The first-order chi connectivity index (χ1) is 11.6. The van der Waals surface area contributed by atoms with Gasteiger partial charge in [0.25, 0.3) is 0 Å². The predicted molar refractivity (Wildman–Crippen MR) is 95.2 cm³/mol. The Kier molecular flexibility index (Phi) is 4.43. The molecule has 0 spiro atoms. The molecule has 0 radical (unpaired) electrons. The van der Waals surface area contributed by atoms with Crippen molar-refractivity contribution < 1.29 is 15.3 Å². The topological polar surface area (TPSA) is 63.9 Å². The number of benzene rings is 1. The Labute approximate surface area is 147 Å². The molecule has 1 heterocycles. The first-order valence-electron chi connectivity index (χ1n) is 9.21. The van der Waals surface area contributed by atoms with Crippen LogP contribution in [0.3, 0.4) is 0 Å². The predicted octanol–water partition coefficient (Wildman–Crippen LogP) is 3.55. The van der Waals surface area contributed by atoms with Crippen molar-refractivity contribution in [3.05, 3.63) is 18.2 Å². The van der Waals surface area contributed by atoms with Gasteiger partial charge in [0.15, 0.2) is 11.5 Å². The summed E-state index contributed by atoms with van der Waals surface area (Å²) in [5.41, 5.74) is -0.635. The third-order valence-corrected chi connectivity index (χ3v) is 7.45. The van der Waals surface area contributed by atoms with E-state index in [0.717, 1.165) is 49.6 Å². The zero-order valence-electron chi connectivity index (χ0n) is 14.0. The van der Waals surface area contributed by atoms with Crippen LogP contribution in [0.15, 0.2) is 23.1 Å². The lowest BCUT2D eigenvalue weighted by atomic mass is 9.71. The third-order valence-electron chi connectivity index (χ3n) is 6.00. The average molecular weight is 349 g/mol. The van der Waals surface area contributed by atoms with Gasteiger partial charge >= 0.3 is 0 Å². The van der Waals surface area contributed by atoms with Gasteiger partial charge in [-0.3, -0.25) is 4.90 Å². The molecule has 0 aromatic heterocycles. The van der Waals surface area contributed by atoms with E-state index in [1.165, 1.54) is 25.3 Å². The van der Waals surface area contributed by atoms with Crippen LogP contribution < -0.4 is 0 Å². The number of hydrogen-bond acceptors (Lipinski definition) is 5. The number of hydrogen-bond donors (Lipinski definition) is 3. The number of rotatable bonds is 4. The van der Waals surface area contributed by atoms with Crippen molar-refractivity contribution in [2.24, 2.45) is 11.8 Å². The summed E-state index contributed by atoms with van der Waals surface area (Å²) in [6, 6.07) is 4.99. The van der Waals surface area contributed by atoms with Gasteiger partial charge in [-0.1, -0.05) is 12.8 Å². The molecule has 1 saturated heterocycles. The summed E-state index contributed by atoms with van der Waals surface area (Å²) in [7, 11) is 0. The number of aromatic hydroxyl groups is 2. The second-order valence-corrected chi connectivity index (χ2v) is 8.94. The van der Waals surface area contributed by atoms with E-state index in [2.05, 4.69) is 4.90 Å². The Morgan fingerprint density at radius 1 is 1.08 bits per heavy atom. The van der Waals surface area contributed by atoms with E-state index in [1.54, 1.807) is 17.8 Å². The Bertz CT molecular complexity index is 606. The van der Waals surface area contributed by atoms with E-state index >= 15 is 0 Å². The van der Waals surface area contributed by atoms with Crippen molar-refractivity contribution >= 4 is 11.8 Å². The van der Waals surface area contributed by atoms with Crippen LogP contribution in [0.2, 0.25) is 0 Å². The Morgan fingerprint density at radius 3 is 2.67 bits per heavy atom. The summed E-state index contributed by atoms with van der Waals surface area (Å²) in [5.74, 6) is 1.01. The molecule has 3 fully saturated rings. The summed E-state index contributed by atoms with van der Waals surface area (Å²) < 4.78 is 0. The fourth-order valence-electron chi connectivity index (χ4n) is 4.43. The van der Waals surface area contributed by atoms with Gasteiger partial charge in [0.2, 0.25) is 0 Å². The molecule has 5 heteroatoms. The minimum Gasteiger partial charge on any atom is -0.504 e. The molecule has 4 rings (SSSR count). The van der Waals surface area contributed by atoms with Gasteiger partial charge in [-0.15, -0.1) is 11.8 Å². The Balaban J connectivity index is 1.60. The Hall–Kier alpha value is -0.910. The molecule has 24 heavy (non-hydrogen) atoms. The molecule has 1 aromatic carbocycles.